The van der Waals surface area contributed by atoms with Gasteiger partial charge >= 0.3 is 0 Å². The van der Waals surface area contributed by atoms with Crippen LogP contribution in [0.2, 0.25) is 0 Å². The first-order chi connectivity index (χ1) is 16.5. The Kier molecular flexibility index (Phi) is 7.43. The standard InChI is InChI=1S/C27H31N3O5/c1-7-8-23(31)30(28-25(33)18-10-12-19(13-11-18)27(3,4)5)21-16-24(32)29(26(21)34)20-15-17(2)9-14-22(20)35-6/h7-15,21H,16H2,1-6H3,(H,28,33). The molecule has 184 valence electrons. The molecule has 8 heteroatoms. The van der Waals surface area contributed by atoms with Gasteiger partial charge in [0.2, 0.25) is 5.91 Å². The second-order valence-corrected chi connectivity index (χ2v) is 9.44. The van der Waals surface area contributed by atoms with E-state index in [2.05, 4.69) is 26.2 Å². The molecule has 0 spiro atoms. The minimum atomic E-state index is -1.20. The number of carbonyl (C=O) groups is 4. The van der Waals surface area contributed by atoms with Gasteiger partial charge in [0.05, 0.1) is 19.2 Å². The van der Waals surface area contributed by atoms with Crippen molar-refractivity contribution < 1.29 is 23.9 Å². The smallest absolute Gasteiger partial charge is 0.269 e. The van der Waals surface area contributed by atoms with Gasteiger partial charge in [0.25, 0.3) is 17.7 Å². The zero-order chi connectivity index (χ0) is 25.9. The lowest BCUT2D eigenvalue weighted by Crippen LogP contribution is -2.54. The molecule has 1 aliphatic heterocycles. The Labute approximate surface area is 205 Å². The molecule has 1 unspecified atom stereocenters. The van der Waals surface area contributed by atoms with Crippen molar-refractivity contribution in [2.45, 2.75) is 52.5 Å². The van der Waals surface area contributed by atoms with Gasteiger partial charge in [-0.3, -0.25) is 24.6 Å². The number of rotatable bonds is 5. The van der Waals surface area contributed by atoms with Crippen molar-refractivity contribution in [2.24, 2.45) is 0 Å². The largest absolute Gasteiger partial charge is 0.495 e. The molecule has 35 heavy (non-hydrogen) atoms. The fraction of sp³-hybridized carbons (Fsp3) is 0.333. The Morgan fingerprint density at radius 3 is 2.34 bits per heavy atom. The topological polar surface area (TPSA) is 96.0 Å². The molecule has 2 aromatic rings. The third-order valence-electron chi connectivity index (χ3n) is 5.79. The predicted molar refractivity (Wildman–Crippen MR) is 133 cm³/mol. The van der Waals surface area contributed by atoms with Crippen molar-refractivity contribution in [3.8, 4) is 5.75 Å². The predicted octanol–water partition coefficient (Wildman–Crippen LogP) is 3.68. The first kappa shape index (κ1) is 25.7. The first-order valence-electron chi connectivity index (χ1n) is 11.4. The van der Waals surface area contributed by atoms with E-state index in [4.69, 9.17) is 4.74 Å². The van der Waals surface area contributed by atoms with Gasteiger partial charge in [0, 0.05) is 11.6 Å². The van der Waals surface area contributed by atoms with Crippen LogP contribution >= 0.6 is 0 Å². The molecular formula is C27H31N3O5. The summed E-state index contributed by atoms with van der Waals surface area (Å²) in [5.41, 5.74) is 4.97. The number of carbonyl (C=O) groups excluding carboxylic acids is 4. The van der Waals surface area contributed by atoms with Gasteiger partial charge < -0.3 is 4.74 Å². The van der Waals surface area contributed by atoms with E-state index in [-0.39, 0.29) is 11.8 Å². The van der Waals surface area contributed by atoms with Gasteiger partial charge in [-0.05, 0) is 54.7 Å². The van der Waals surface area contributed by atoms with Crippen molar-refractivity contribution >= 4 is 29.3 Å². The number of allylic oxidation sites excluding steroid dienone is 1. The van der Waals surface area contributed by atoms with E-state index in [1.807, 2.05) is 19.1 Å². The monoisotopic (exact) mass is 477 g/mol. The summed E-state index contributed by atoms with van der Waals surface area (Å²) in [6.45, 7) is 9.68. The van der Waals surface area contributed by atoms with Gasteiger partial charge in [-0.1, -0.05) is 45.0 Å². The molecule has 0 saturated carbocycles. The summed E-state index contributed by atoms with van der Waals surface area (Å²) in [5.74, 6) is -1.94. The number of imide groups is 1. The minimum Gasteiger partial charge on any atom is -0.495 e. The Balaban J connectivity index is 1.91. The number of hydrogen-bond donors (Lipinski definition) is 1. The van der Waals surface area contributed by atoms with Crippen LogP contribution in [0.4, 0.5) is 5.69 Å². The molecule has 0 radical (unpaired) electrons. The number of amides is 4. The molecule has 1 aliphatic rings. The molecule has 0 aromatic heterocycles. The number of anilines is 1. The van der Waals surface area contributed by atoms with Crippen molar-refractivity contribution in [1.29, 1.82) is 0 Å². The Bertz CT molecular complexity index is 1180. The highest BCUT2D eigenvalue weighted by molar-refractivity contribution is 6.24. The zero-order valence-corrected chi connectivity index (χ0v) is 20.9. The fourth-order valence-electron chi connectivity index (χ4n) is 3.85. The molecule has 0 aliphatic carbocycles. The van der Waals surface area contributed by atoms with E-state index in [0.717, 1.165) is 21.0 Å². The fourth-order valence-corrected chi connectivity index (χ4v) is 3.85. The van der Waals surface area contributed by atoms with Crippen molar-refractivity contribution in [1.82, 2.24) is 10.4 Å². The lowest BCUT2D eigenvalue weighted by Gasteiger charge is -2.27. The number of hydrogen-bond acceptors (Lipinski definition) is 5. The molecule has 8 nitrogen and oxygen atoms in total. The van der Waals surface area contributed by atoms with Crippen LogP contribution < -0.4 is 15.1 Å². The van der Waals surface area contributed by atoms with Crippen LogP contribution in [0.3, 0.4) is 0 Å². The van der Waals surface area contributed by atoms with Crippen LogP contribution in [0, 0.1) is 6.92 Å². The quantitative estimate of drug-likeness (QED) is 0.403. The average molecular weight is 478 g/mol. The molecule has 0 bridgehead atoms. The van der Waals surface area contributed by atoms with Crippen LogP contribution in [0.1, 0.15) is 55.6 Å². The Morgan fingerprint density at radius 1 is 1.11 bits per heavy atom. The van der Waals surface area contributed by atoms with E-state index in [9.17, 15) is 19.2 Å². The van der Waals surface area contributed by atoms with Crippen molar-refractivity contribution in [3.63, 3.8) is 0 Å². The highest BCUT2D eigenvalue weighted by atomic mass is 16.5. The van der Waals surface area contributed by atoms with E-state index in [1.54, 1.807) is 37.3 Å². The SMILES string of the molecule is CC=CC(=O)N(NC(=O)c1ccc(C(C)(C)C)cc1)C1CC(=O)N(c2cc(C)ccc2OC)C1=O. The molecular weight excluding hydrogens is 446 g/mol. The Morgan fingerprint density at radius 2 is 1.77 bits per heavy atom. The summed E-state index contributed by atoms with van der Waals surface area (Å²) in [5, 5.41) is 0.933. The summed E-state index contributed by atoms with van der Waals surface area (Å²) in [7, 11) is 1.45. The zero-order valence-electron chi connectivity index (χ0n) is 20.9. The van der Waals surface area contributed by atoms with Crippen LogP contribution in [-0.2, 0) is 19.8 Å². The van der Waals surface area contributed by atoms with Gasteiger partial charge in [-0.2, -0.15) is 0 Å². The van der Waals surface area contributed by atoms with Crippen LogP contribution in [-0.4, -0.2) is 41.8 Å². The number of hydrazine groups is 1. The Hall–Kier alpha value is -3.94. The van der Waals surface area contributed by atoms with E-state index in [0.29, 0.717) is 17.0 Å². The lowest BCUT2D eigenvalue weighted by atomic mass is 9.87. The van der Waals surface area contributed by atoms with E-state index >= 15 is 0 Å². The lowest BCUT2D eigenvalue weighted by molar-refractivity contribution is -0.137. The van der Waals surface area contributed by atoms with E-state index in [1.165, 1.54) is 19.3 Å². The summed E-state index contributed by atoms with van der Waals surface area (Å²) in [4.78, 5) is 53.2. The van der Waals surface area contributed by atoms with Crippen LogP contribution in [0.15, 0.2) is 54.6 Å². The highest BCUT2D eigenvalue weighted by Crippen LogP contribution is 2.34. The van der Waals surface area contributed by atoms with Crippen LogP contribution in [0.5, 0.6) is 5.75 Å². The first-order valence-corrected chi connectivity index (χ1v) is 11.4. The van der Waals surface area contributed by atoms with Gasteiger partial charge in [0.1, 0.15) is 11.8 Å². The molecule has 1 atom stereocenters. The second kappa shape index (κ2) is 10.1. The van der Waals surface area contributed by atoms with Crippen molar-refractivity contribution in [3.05, 3.63) is 71.3 Å². The van der Waals surface area contributed by atoms with Crippen molar-refractivity contribution in [2.75, 3.05) is 12.0 Å². The maximum atomic E-state index is 13.4. The van der Waals surface area contributed by atoms with Gasteiger partial charge in [-0.25, -0.2) is 9.91 Å². The number of methoxy groups -OCH3 is 1. The molecule has 2 aromatic carbocycles. The molecule has 3 rings (SSSR count). The average Bonchev–Trinajstić information content (AvgIpc) is 3.10. The maximum Gasteiger partial charge on any atom is 0.269 e. The number of aryl methyl sites for hydroxylation is 1. The maximum absolute atomic E-state index is 13.4. The molecule has 1 N–H and O–H groups in total. The number of nitrogens with one attached hydrogen (secondary N) is 1. The van der Waals surface area contributed by atoms with Crippen LogP contribution in [0.25, 0.3) is 0 Å². The normalized spacial score (nSPS) is 16.1. The van der Waals surface area contributed by atoms with Gasteiger partial charge in [0.15, 0.2) is 0 Å². The summed E-state index contributed by atoms with van der Waals surface area (Å²) < 4.78 is 5.34. The van der Waals surface area contributed by atoms with Gasteiger partial charge in [-0.15, -0.1) is 0 Å². The van der Waals surface area contributed by atoms with E-state index < -0.39 is 29.7 Å². The number of ether oxygens (including phenoxy) is 1. The molecule has 4 amide bonds. The summed E-state index contributed by atoms with van der Waals surface area (Å²) in [6, 6.07) is 11.0. The third-order valence-corrected chi connectivity index (χ3v) is 5.79. The number of nitrogens with zero attached hydrogens (tertiary/aromatic N) is 2. The third kappa shape index (κ3) is 5.42. The minimum absolute atomic E-state index is 0.0835. The molecule has 1 fully saturated rings. The summed E-state index contributed by atoms with van der Waals surface area (Å²) >= 11 is 0. The summed E-state index contributed by atoms with van der Waals surface area (Å²) in [6.07, 6.45) is 2.46. The second-order valence-electron chi connectivity index (χ2n) is 9.44. The number of benzene rings is 2. The molecule has 1 heterocycles. The molecule has 1 saturated heterocycles. The highest BCUT2D eigenvalue weighted by Gasteiger charge is 2.45.